The van der Waals surface area contributed by atoms with Crippen LogP contribution in [-0.4, -0.2) is 21.5 Å². The zero-order valence-electron chi connectivity index (χ0n) is 10.2. The molecule has 0 bridgehead atoms. The minimum absolute atomic E-state index is 0.231. The molecule has 0 spiro atoms. The van der Waals surface area contributed by atoms with Crippen molar-refractivity contribution in [3.63, 3.8) is 0 Å². The Hall–Kier alpha value is -0.830. The van der Waals surface area contributed by atoms with E-state index < -0.39 is 0 Å². The first kappa shape index (κ1) is 12.2. The van der Waals surface area contributed by atoms with Gasteiger partial charge in [0.1, 0.15) is 0 Å². The molecule has 0 aliphatic carbocycles. The van der Waals surface area contributed by atoms with Crippen molar-refractivity contribution in [2.75, 3.05) is 6.61 Å². The lowest BCUT2D eigenvalue weighted by Crippen LogP contribution is -2.15. The van der Waals surface area contributed by atoms with Crippen molar-refractivity contribution in [1.29, 1.82) is 0 Å². The lowest BCUT2D eigenvalue weighted by atomic mass is 10.0. The van der Waals surface area contributed by atoms with Gasteiger partial charge in [-0.25, -0.2) is 0 Å². The molecule has 3 heteroatoms. The molecule has 0 saturated heterocycles. The molecule has 1 N–H and O–H groups in total. The average Bonchev–Trinajstić information content (AvgIpc) is 2.56. The number of hydrogen-bond acceptors (Lipinski definition) is 2. The van der Waals surface area contributed by atoms with E-state index in [0.717, 1.165) is 12.8 Å². The Morgan fingerprint density at radius 3 is 2.60 bits per heavy atom. The summed E-state index contributed by atoms with van der Waals surface area (Å²) in [5.74, 6) is 0.486. The first-order valence-electron chi connectivity index (χ1n) is 5.76. The highest BCUT2D eigenvalue weighted by Gasteiger charge is 2.17. The average molecular weight is 210 g/mol. The molecule has 1 heterocycles. The molecule has 0 aliphatic rings. The van der Waals surface area contributed by atoms with Gasteiger partial charge < -0.3 is 5.11 Å². The van der Waals surface area contributed by atoms with E-state index >= 15 is 0 Å². The minimum Gasteiger partial charge on any atom is -0.396 e. The third-order valence-corrected chi connectivity index (χ3v) is 2.85. The van der Waals surface area contributed by atoms with E-state index in [9.17, 15) is 0 Å². The van der Waals surface area contributed by atoms with Crippen molar-refractivity contribution < 1.29 is 5.11 Å². The van der Waals surface area contributed by atoms with Crippen LogP contribution in [0.5, 0.6) is 0 Å². The summed E-state index contributed by atoms with van der Waals surface area (Å²) in [5.41, 5.74) is 2.55. The summed E-state index contributed by atoms with van der Waals surface area (Å²) >= 11 is 0. The van der Waals surface area contributed by atoms with Crippen LogP contribution in [0.1, 0.15) is 56.8 Å². The summed E-state index contributed by atoms with van der Waals surface area (Å²) in [5, 5.41) is 13.5. The largest absolute Gasteiger partial charge is 0.396 e. The summed E-state index contributed by atoms with van der Waals surface area (Å²) < 4.78 is 2.09. The van der Waals surface area contributed by atoms with E-state index in [4.69, 9.17) is 5.11 Å². The number of aliphatic hydroxyl groups excluding tert-OH is 1. The predicted octanol–water partition coefficient (Wildman–Crippen LogP) is 2.65. The molecule has 0 aromatic carbocycles. The van der Waals surface area contributed by atoms with Crippen LogP contribution in [-0.2, 0) is 0 Å². The molecule has 0 aliphatic heterocycles. The Morgan fingerprint density at radius 1 is 1.47 bits per heavy atom. The number of aromatic nitrogens is 2. The summed E-state index contributed by atoms with van der Waals surface area (Å²) in [7, 11) is 0. The maximum Gasteiger partial charge on any atom is 0.0541 e. The van der Waals surface area contributed by atoms with Gasteiger partial charge in [-0.1, -0.05) is 20.8 Å². The zero-order chi connectivity index (χ0) is 11.4. The minimum atomic E-state index is 0.231. The molecular formula is C12H22N2O. The Bertz CT molecular complexity index is 305. The van der Waals surface area contributed by atoms with Crippen molar-refractivity contribution in [1.82, 2.24) is 9.78 Å². The van der Waals surface area contributed by atoms with E-state index in [1.54, 1.807) is 0 Å². The van der Waals surface area contributed by atoms with Crippen molar-refractivity contribution in [2.45, 2.75) is 52.5 Å². The van der Waals surface area contributed by atoms with Gasteiger partial charge in [0, 0.05) is 12.3 Å². The summed E-state index contributed by atoms with van der Waals surface area (Å²) in [6.07, 6.45) is 3.73. The third kappa shape index (κ3) is 2.59. The standard InChI is InChI=1S/C12H22N2O/c1-5-11(6-7-15)14-12(9(2)3)10(4)8-13-14/h8-9,11,15H,5-7H2,1-4H3. The highest BCUT2D eigenvalue weighted by atomic mass is 16.3. The topological polar surface area (TPSA) is 38.0 Å². The molecule has 1 unspecified atom stereocenters. The van der Waals surface area contributed by atoms with Crippen molar-refractivity contribution in [3.8, 4) is 0 Å². The molecule has 15 heavy (non-hydrogen) atoms. The van der Waals surface area contributed by atoms with Gasteiger partial charge in [-0.15, -0.1) is 0 Å². The van der Waals surface area contributed by atoms with Crippen LogP contribution in [0.3, 0.4) is 0 Å². The van der Waals surface area contributed by atoms with E-state index in [2.05, 4.69) is 37.5 Å². The summed E-state index contributed by atoms with van der Waals surface area (Å²) in [4.78, 5) is 0. The van der Waals surface area contributed by atoms with Crippen molar-refractivity contribution >= 4 is 0 Å². The van der Waals surface area contributed by atoms with Gasteiger partial charge >= 0.3 is 0 Å². The number of rotatable bonds is 5. The van der Waals surface area contributed by atoms with Crippen LogP contribution in [0.15, 0.2) is 6.20 Å². The molecule has 1 rings (SSSR count). The first-order chi connectivity index (χ1) is 7.11. The summed E-state index contributed by atoms with van der Waals surface area (Å²) in [6.45, 7) is 8.85. The molecule has 0 saturated carbocycles. The third-order valence-electron chi connectivity index (χ3n) is 2.85. The number of aryl methyl sites for hydroxylation is 1. The second-order valence-corrected chi connectivity index (χ2v) is 4.39. The Kier molecular flexibility index (Phi) is 4.33. The fourth-order valence-electron chi connectivity index (χ4n) is 2.12. The monoisotopic (exact) mass is 210 g/mol. The SMILES string of the molecule is CCC(CCO)n1ncc(C)c1C(C)C. The first-order valence-corrected chi connectivity index (χ1v) is 5.76. The zero-order valence-corrected chi connectivity index (χ0v) is 10.2. The Labute approximate surface area is 92.1 Å². The van der Waals surface area contributed by atoms with Gasteiger partial charge in [-0.3, -0.25) is 4.68 Å². The van der Waals surface area contributed by atoms with Gasteiger partial charge in [-0.05, 0) is 31.2 Å². The van der Waals surface area contributed by atoms with Gasteiger partial charge in [0.25, 0.3) is 0 Å². The highest BCUT2D eigenvalue weighted by Crippen LogP contribution is 2.25. The van der Waals surface area contributed by atoms with Gasteiger partial charge in [-0.2, -0.15) is 5.10 Å². The molecule has 0 radical (unpaired) electrons. The number of hydrogen-bond donors (Lipinski definition) is 1. The van der Waals surface area contributed by atoms with Crippen LogP contribution < -0.4 is 0 Å². The maximum atomic E-state index is 9.02. The van der Waals surface area contributed by atoms with E-state index in [1.165, 1.54) is 11.3 Å². The van der Waals surface area contributed by atoms with E-state index in [-0.39, 0.29) is 6.61 Å². The van der Waals surface area contributed by atoms with Gasteiger partial charge in [0.05, 0.1) is 12.2 Å². The molecule has 0 amide bonds. The normalized spacial score (nSPS) is 13.5. The van der Waals surface area contributed by atoms with Crippen LogP contribution in [0.2, 0.25) is 0 Å². The lowest BCUT2D eigenvalue weighted by Gasteiger charge is -2.19. The van der Waals surface area contributed by atoms with Gasteiger partial charge in [0.15, 0.2) is 0 Å². The van der Waals surface area contributed by atoms with Crippen molar-refractivity contribution in [3.05, 3.63) is 17.5 Å². The summed E-state index contributed by atoms with van der Waals surface area (Å²) in [6, 6.07) is 0.334. The molecule has 86 valence electrons. The lowest BCUT2D eigenvalue weighted by molar-refractivity contribution is 0.245. The second-order valence-electron chi connectivity index (χ2n) is 4.39. The second kappa shape index (κ2) is 5.31. The van der Waals surface area contributed by atoms with Crippen molar-refractivity contribution in [2.24, 2.45) is 0 Å². The quantitative estimate of drug-likeness (QED) is 0.811. The fourth-order valence-corrected chi connectivity index (χ4v) is 2.12. The predicted molar refractivity (Wildman–Crippen MR) is 62.1 cm³/mol. The smallest absolute Gasteiger partial charge is 0.0541 e. The Balaban J connectivity index is 3.01. The molecule has 1 aromatic heterocycles. The van der Waals surface area contributed by atoms with E-state index in [0.29, 0.717) is 12.0 Å². The van der Waals surface area contributed by atoms with Crippen LogP contribution in [0.4, 0.5) is 0 Å². The fraction of sp³-hybridized carbons (Fsp3) is 0.750. The molecule has 3 nitrogen and oxygen atoms in total. The molecular weight excluding hydrogens is 188 g/mol. The highest BCUT2D eigenvalue weighted by molar-refractivity contribution is 5.19. The van der Waals surface area contributed by atoms with Gasteiger partial charge in [0.2, 0.25) is 0 Å². The maximum absolute atomic E-state index is 9.02. The Morgan fingerprint density at radius 2 is 2.13 bits per heavy atom. The number of nitrogens with zero attached hydrogens (tertiary/aromatic N) is 2. The van der Waals surface area contributed by atoms with Crippen LogP contribution >= 0.6 is 0 Å². The molecule has 1 atom stereocenters. The number of aliphatic hydroxyl groups is 1. The molecule has 1 aromatic rings. The van der Waals surface area contributed by atoms with Crippen LogP contribution in [0.25, 0.3) is 0 Å². The molecule has 0 fully saturated rings. The van der Waals surface area contributed by atoms with Crippen LogP contribution in [0, 0.1) is 6.92 Å². The van der Waals surface area contributed by atoms with E-state index in [1.807, 2.05) is 6.20 Å².